The molecular formula is C32H52O6S2. The molecule has 40 heavy (non-hydrogen) atoms. The van der Waals surface area contributed by atoms with Crippen molar-refractivity contribution in [1.29, 1.82) is 0 Å². The van der Waals surface area contributed by atoms with Crippen LogP contribution < -0.4 is 4.74 Å². The predicted octanol–water partition coefficient (Wildman–Crippen LogP) is 7.86. The molecule has 1 aliphatic rings. The highest BCUT2D eigenvalue weighted by atomic mass is 32.2. The van der Waals surface area contributed by atoms with Gasteiger partial charge in [0.05, 0.1) is 45.0 Å². The van der Waals surface area contributed by atoms with Crippen molar-refractivity contribution in [3.63, 3.8) is 0 Å². The van der Waals surface area contributed by atoms with E-state index in [1.54, 1.807) is 23.5 Å². The summed E-state index contributed by atoms with van der Waals surface area (Å²) in [5.41, 5.74) is 2.28. The third-order valence-electron chi connectivity index (χ3n) is 7.57. The quantitative estimate of drug-likeness (QED) is 0.107. The van der Waals surface area contributed by atoms with Crippen molar-refractivity contribution < 1.29 is 28.9 Å². The lowest BCUT2D eigenvalue weighted by atomic mass is 9.93. The Bertz CT molecular complexity index is 843. The van der Waals surface area contributed by atoms with Gasteiger partial charge in [-0.15, -0.1) is 0 Å². The predicted molar refractivity (Wildman–Crippen MR) is 168 cm³/mol. The van der Waals surface area contributed by atoms with Crippen LogP contribution in [0.15, 0.2) is 18.2 Å². The van der Waals surface area contributed by atoms with E-state index in [1.165, 1.54) is 90.4 Å². The van der Waals surface area contributed by atoms with Crippen molar-refractivity contribution in [2.24, 2.45) is 0 Å². The zero-order valence-corrected chi connectivity index (χ0v) is 26.6. The SMILES string of the molecule is CCCCCCCCCCOc1c(C2CCCC2)cccc1C(SCCC(=O)OC)C(O)CSCCC(=O)OC. The summed E-state index contributed by atoms with van der Waals surface area (Å²) in [5, 5.41) is 11.1. The topological polar surface area (TPSA) is 82.1 Å². The van der Waals surface area contributed by atoms with Crippen molar-refractivity contribution >= 4 is 35.5 Å². The summed E-state index contributed by atoms with van der Waals surface area (Å²) in [6.07, 6.45) is 14.8. The number of carbonyl (C=O) groups is 2. The van der Waals surface area contributed by atoms with Gasteiger partial charge in [0, 0.05) is 22.8 Å². The molecule has 2 unspecified atom stereocenters. The van der Waals surface area contributed by atoms with E-state index in [2.05, 4.69) is 25.1 Å². The maximum Gasteiger partial charge on any atom is 0.306 e. The molecule has 0 amide bonds. The molecule has 0 bridgehead atoms. The summed E-state index contributed by atoms with van der Waals surface area (Å²) in [4.78, 5) is 23.3. The van der Waals surface area contributed by atoms with Crippen molar-refractivity contribution in [3.8, 4) is 5.75 Å². The highest BCUT2D eigenvalue weighted by Gasteiger charge is 2.29. The second kappa shape index (κ2) is 21.3. The van der Waals surface area contributed by atoms with Crippen LogP contribution in [-0.4, -0.2) is 61.2 Å². The van der Waals surface area contributed by atoms with E-state index >= 15 is 0 Å². The Morgan fingerprint density at radius 3 is 2.20 bits per heavy atom. The van der Waals surface area contributed by atoms with Crippen LogP contribution in [0.1, 0.15) is 119 Å². The average molecular weight is 597 g/mol. The molecule has 8 heteroatoms. The van der Waals surface area contributed by atoms with Crippen LogP contribution in [0.3, 0.4) is 0 Å². The number of ether oxygens (including phenoxy) is 3. The van der Waals surface area contributed by atoms with Crippen LogP contribution in [0.4, 0.5) is 0 Å². The number of carbonyl (C=O) groups excluding carboxylic acids is 2. The van der Waals surface area contributed by atoms with Gasteiger partial charge in [-0.05, 0) is 30.7 Å². The van der Waals surface area contributed by atoms with E-state index in [-0.39, 0.29) is 23.6 Å². The Kier molecular flexibility index (Phi) is 18.6. The number of rotatable bonds is 22. The first-order chi connectivity index (χ1) is 19.5. The van der Waals surface area contributed by atoms with Crippen molar-refractivity contribution in [2.45, 2.75) is 114 Å². The lowest BCUT2D eigenvalue weighted by Crippen LogP contribution is -2.21. The summed E-state index contributed by atoms with van der Waals surface area (Å²) in [7, 11) is 2.79. The van der Waals surface area contributed by atoms with Crippen LogP contribution >= 0.6 is 23.5 Å². The van der Waals surface area contributed by atoms with Crippen LogP contribution in [0.5, 0.6) is 5.75 Å². The fourth-order valence-corrected chi connectivity index (χ4v) is 7.52. The molecule has 228 valence electrons. The Balaban J connectivity index is 2.14. The van der Waals surface area contributed by atoms with Crippen LogP contribution in [0.25, 0.3) is 0 Å². The van der Waals surface area contributed by atoms with E-state index in [4.69, 9.17) is 14.2 Å². The number of unbranched alkanes of at least 4 members (excludes halogenated alkanes) is 7. The molecule has 0 radical (unpaired) electrons. The molecule has 6 nitrogen and oxygen atoms in total. The Hall–Kier alpha value is -1.38. The van der Waals surface area contributed by atoms with E-state index in [0.717, 1.165) is 17.7 Å². The minimum absolute atomic E-state index is 0.244. The van der Waals surface area contributed by atoms with Crippen LogP contribution in [0.2, 0.25) is 0 Å². The molecule has 1 N–H and O–H groups in total. The van der Waals surface area contributed by atoms with Crippen LogP contribution in [0, 0.1) is 0 Å². The molecule has 1 aromatic carbocycles. The highest BCUT2D eigenvalue weighted by Crippen LogP contribution is 2.45. The van der Waals surface area contributed by atoms with Gasteiger partial charge in [0.1, 0.15) is 5.75 Å². The number of benzene rings is 1. The average Bonchev–Trinajstić information content (AvgIpc) is 3.51. The first kappa shape index (κ1) is 34.8. The summed E-state index contributed by atoms with van der Waals surface area (Å²) in [6.45, 7) is 2.93. The first-order valence-electron chi connectivity index (χ1n) is 15.3. The molecule has 0 aliphatic heterocycles. The van der Waals surface area contributed by atoms with Gasteiger partial charge < -0.3 is 19.3 Å². The number of hydrogen-bond donors (Lipinski definition) is 1. The number of hydrogen-bond acceptors (Lipinski definition) is 8. The van der Waals surface area contributed by atoms with Crippen molar-refractivity contribution in [1.82, 2.24) is 0 Å². The highest BCUT2D eigenvalue weighted by molar-refractivity contribution is 8.00. The normalized spacial score (nSPS) is 15.1. The molecule has 2 rings (SSSR count). The summed E-state index contributed by atoms with van der Waals surface area (Å²) in [6, 6.07) is 6.38. The van der Waals surface area contributed by atoms with E-state index in [9.17, 15) is 14.7 Å². The minimum atomic E-state index is -0.658. The number of aliphatic hydroxyl groups is 1. The first-order valence-corrected chi connectivity index (χ1v) is 17.5. The maximum atomic E-state index is 11.8. The molecule has 0 aromatic heterocycles. The molecule has 1 fully saturated rings. The van der Waals surface area contributed by atoms with Gasteiger partial charge in [0.25, 0.3) is 0 Å². The number of esters is 2. The largest absolute Gasteiger partial charge is 0.493 e. The molecule has 0 spiro atoms. The van der Waals surface area contributed by atoms with Gasteiger partial charge in [0.15, 0.2) is 0 Å². The smallest absolute Gasteiger partial charge is 0.306 e. The number of methoxy groups -OCH3 is 2. The fourth-order valence-electron chi connectivity index (χ4n) is 5.26. The molecule has 1 aliphatic carbocycles. The van der Waals surface area contributed by atoms with E-state index in [0.29, 0.717) is 36.2 Å². The molecule has 1 saturated carbocycles. The van der Waals surface area contributed by atoms with Gasteiger partial charge in [-0.1, -0.05) is 82.9 Å². The molecule has 0 saturated heterocycles. The molecule has 2 atom stereocenters. The molecule has 1 aromatic rings. The van der Waals surface area contributed by atoms with Gasteiger partial charge >= 0.3 is 11.9 Å². The second-order valence-corrected chi connectivity index (χ2v) is 13.1. The molecule has 0 heterocycles. The van der Waals surface area contributed by atoms with Gasteiger partial charge in [-0.2, -0.15) is 23.5 Å². The Labute approximate surface area is 251 Å². The standard InChI is InChI=1S/C32H52O6S2/c1-4-5-6-7-8-9-10-13-21-38-31-26(25-15-11-12-16-25)17-14-18-27(31)32(40-23-20-30(35)37-3)28(33)24-39-22-19-29(34)36-2/h14,17-18,25,28,32-33H,4-13,15-16,19-24H2,1-3H3. The summed E-state index contributed by atoms with van der Waals surface area (Å²) in [5.74, 6) is 2.55. The monoisotopic (exact) mass is 596 g/mol. The fraction of sp³-hybridized carbons (Fsp3) is 0.750. The third-order valence-corrected chi connectivity index (χ3v) is 10.0. The zero-order valence-electron chi connectivity index (χ0n) is 25.0. The van der Waals surface area contributed by atoms with Crippen molar-refractivity contribution in [2.75, 3.05) is 38.1 Å². The van der Waals surface area contributed by atoms with Gasteiger partial charge in [-0.3, -0.25) is 9.59 Å². The lowest BCUT2D eigenvalue weighted by Gasteiger charge is -2.27. The van der Waals surface area contributed by atoms with Gasteiger partial charge in [0.2, 0.25) is 0 Å². The lowest BCUT2D eigenvalue weighted by molar-refractivity contribution is -0.141. The van der Waals surface area contributed by atoms with Gasteiger partial charge in [-0.25, -0.2) is 0 Å². The van der Waals surface area contributed by atoms with E-state index < -0.39 is 6.10 Å². The minimum Gasteiger partial charge on any atom is -0.493 e. The van der Waals surface area contributed by atoms with E-state index in [1.807, 2.05) is 0 Å². The maximum absolute atomic E-state index is 11.8. The Morgan fingerprint density at radius 2 is 1.55 bits per heavy atom. The number of para-hydroxylation sites is 1. The molecular weight excluding hydrogens is 544 g/mol. The zero-order chi connectivity index (χ0) is 29.0. The number of thioether (sulfide) groups is 2. The summed E-state index contributed by atoms with van der Waals surface area (Å²) < 4.78 is 16.2. The Morgan fingerprint density at radius 1 is 0.925 bits per heavy atom. The van der Waals surface area contributed by atoms with Crippen molar-refractivity contribution in [3.05, 3.63) is 29.3 Å². The number of aliphatic hydroxyl groups excluding tert-OH is 1. The third kappa shape index (κ3) is 13.1. The summed E-state index contributed by atoms with van der Waals surface area (Å²) >= 11 is 3.13. The van der Waals surface area contributed by atoms with Crippen LogP contribution in [-0.2, 0) is 19.1 Å². The second-order valence-electron chi connectivity index (χ2n) is 10.7.